The van der Waals surface area contributed by atoms with Crippen molar-refractivity contribution in [2.45, 2.75) is 6.04 Å². The van der Waals surface area contributed by atoms with Crippen molar-refractivity contribution in [3.05, 3.63) is 0 Å². The maximum Gasteiger partial charge on any atom is 0.138 e. The minimum Gasteiger partial charge on any atom is -0.304 e. The van der Waals surface area contributed by atoms with Crippen LogP contribution in [0.5, 0.6) is 0 Å². The Morgan fingerprint density at radius 1 is 1.67 bits per heavy atom. The third kappa shape index (κ3) is 2.09. The maximum atomic E-state index is 10.2. The molecule has 1 unspecified atom stereocenters. The summed E-state index contributed by atoms with van der Waals surface area (Å²) in [5.41, 5.74) is 2.65. The van der Waals surface area contributed by atoms with Crippen LogP contribution in [0.2, 0.25) is 0 Å². The van der Waals surface area contributed by atoms with Gasteiger partial charge in [-0.15, -0.1) is 0 Å². The van der Waals surface area contributed by atoms with E-state index in [2.05, 4.69) is 10.8 Å². The summed E-state index contributed by atoms with van der Waals surface area (Å²) in [5.74, 6) is 0. The van der Waals surface area contributed by atoms with E-state index < -0.39 is 0 Å². The molecule has 0 amide bonds. The van der Waals surface area contributed by atoms with Crippen molar-refractivity contribution < 1.29 is 9.63 Å². The SMILES string of the molecule is O=CC1CNOCCN1. The summed E-state index contributed by atoms with van der Waals surface area (Å²) in [4.78, 5) is 15.0. The van der Waals surface area contributed by atoms with Crippen molar-refractivity contribution in [2.75, 3.05) is 19.7 Å². The lowest BCUT2D eigenvalue weighted by Crippen LogP contribution is -2.36. The van der Waals surface area contributed by atoms with Crippen molar-refractivity contribution in [2.24, 2.45) is 0 Å². The second kappa shape index (κ2) is 3.55. The van der Waals surface area contributed by atoms with Crippen LogP contribution in [-0.2, 0) is 9.63 Å². The minimum atomic E-state index is -0.0903. The van der Waals surface area contributed by atoms with Gasteiger partial charge in [0.15, 0.2) is 0 Å². The third-order valence-corrected chi connectivity index (χ3v) is 1.18. The fourth-order valence-electron chi connectivity index (χ4n) is 0.685. The Morgan fingerprint density at radius 2 is 2.56 bits per heavy atom. The molecule has 4 nitrogen and oxygen atoms in total. The fraction of sp³-hybridized carbons (Fsp3) is 0.800. The summed E-state index contributed by atoms with van der Waals surface area (Å²) < 4.78 is 0. The Labute approximate surface area is 53.5 Å². The van der Waals surface area contributed by atoms with E-state index in [1.54, 1.807) is 0 Å². The molecule has 9 heavy (non-hydrogen) atoms. The summed E-state index contributed by atoms with van der Waals surface area (Å²) in [6, 6.07) is -0.0903. The first-order chi connectivity index (χ1) is 4.43. The molecule has 1 aliphatic rings. The standard InChI is InChI=1S/C5H10N2O2/c8-4-5-3-7-9-2-1-6-5/h4-7H,1-3H2. The zero-order valence-corrected chi connectivity index (χ0v) is 5.09. The summed E-state index contributed by atoms with van der Waals surface area (Å²) in [6.45, 7) is 1.91. The first-order valence-corrected chi connectivity index (χ1v) is 2.97. The first kappa shape index (κ1) is 6.67. The quantitative estimate of drug-likeness (QED) is 0.432. The van der Waals surface area contributed by atoms with Crippen LogP contribution in [0.25, 0.3) is 0 Å². The van der Waals surface area contributed by atoms with Crippen LogP contribution in [0.1, 0.15) is 0 Å². The van der Waals surface area contributed by atoms with Gasteiger partial charge >= 0.3 is 0 Å². The number of hydrogen-bond acceptors (Lipinski definition) is 4. The first-order valence-electron chi connectivity index (χ1n) is 2.97. The van der Waals surface area contributed by atoms with E-state index in [9.17, 15) is 4.79 Å². The van der Waals surface area contributed by atoms with Crippen LogP contribution in [0.3, 0.4) is 0 Å². The Kier molecular flexibility index (Phi) is 2.63. The minimum absolute atomic E-state index is 0.0903. The van der Waals surface area contributed by atoms with E-state index in [-0.39, 0.29) is 6.04 Å². The highest BCUT2D eigenvalue weighted by Gasteiger charge is 2.07. The molecule has 0 aliphatic carbocycles. The highest BCUT2D eigenvalue weighted by Crippen LogP contribution is 1.80. The fourth-order valence-corrected chi connectivity index (χ4v) is 0.685. The van der Waals surface area contributed by atoms with Crippen molar-refractivity contribution in [1.82, 2.24) is 10.8 Å². The van der Waals surface area contributed by atoms with E-state index in [1.165, 1.54) is 0 Å². The van der Waals surface area contributed by atoms with Crippen LogP contribution in [0.4, 0.5) is 0 Å². The van der Waals surface area contributed by atoms with Crippen LogP contribution in [0, 0.1) is 0 Å². The van der Waals surface area contributed by atoms with E-state index in [0.717, 1.165) is 12.8 Å². The second-order valence-electron chi connectivity index (χ2n) is 1.89. The molecule has 52 valence electrons. The summed E-state index contributed by atoms with van der Waals surface area (Å²) in [7, 11) is 0. The van der Waals surface area contributed by atoms with Gasteiger partial charge in [-0.3, -0.25) is 0 Å². The highest BCUT2D eigenvalue weighted by atomic mass is 16.6. The number of carbonyl (C=O) groups excluding carboxylic acids is 1. The van der Waals surface area contributed by atoms with Crippen molar-refractivity contribution >= 4 is 6.29 Å². The van der Waals surface area contributed by atoms with Gasteiger partial charge in [-0.25, -0.2) is 5.48 Å². The van der Waals surface area contributed by atoms with Gasteiger partial charge in [-0.1, -0.05) is 0 Å². The zero-order chi connectivity index (χ0) is 6.53. The molecular weight excluding hydrogens is 120 g/mol. The molecule has 0 aromatic heterocycles. The number of nitrogens with one attached hydrogen (secondary N) is 2. The molecule has 0 saturated carbocycles. The number of carbonyl (C=O) groups is 1. The zero-order valence-electron chi connectivity index (χ0n) is 5.09. The normalized spacial score (nSPS) is 29.1. The van der Waals surface area contributed by atoms with E-state index >= 15 is 0 Å². The lowest BCUT2D eigenvalue weighted by Gasteiger charge is -2.03. The van der Waals surface area contributed by atoms with Gasteiger partial charge in [0.25, 0.3) is 0 Å². The van der Waals surface area contributed by atoms with Crippen LogP contribution in [-0.4, -0.2) is 32.0 Å². The van der Waals surface area contributed by atoms with E-state index in [0.29, 0.717) is 13.2 Å². The maximum absolute atomic E-state index is 10.2. The van der Waals surface area contributed by atoms with Gasteiger partial charge in [0.2, 0.25) is 0 Å². The average molecular weight is 130 g/mol. The number of rotatable bonds is 1. The van der Waals surface area contributed by atoms with Crippen molar-refractivity contribution in [3.63, 3.8) is 0 Å². The molecule has 2 N–H and O–H groups in total. The molecule has 1 fully saturated rings. The molecule has 0 spiro atoms. The number of hydrogen-bond donors (Lipinski definition) is 2. The molecule has 1 rings (SSSR count). The summed E-state index contributed by atoms with van der Waals surface area (Å²) in [6.07, 6.45) is 0.877. The average Bonchev–Trinajstić information content (AvgIpc) is 2.13. The van der Waals surface area contributed by atoms with Gasteiger partial charge in [-0.2, -0.15) is 0 Å². The number of aldehydes is 1. The van der Waals surface area contributed by atoms with Crippen molar-refractivity contribution in [3.8, 4) is 0 Å². The molecule has 1 aliphatic heterocycles. The highest BCUT2D eigenvalue weighted by molar-refractivity contribution is 5.57. The van der Waals surface area contributed by atoms with E-state index in [1.807, 2.05) is 0 Å². The Hall–Kier alpha value is -0.450. The predicted molar refractivity (Wildman–Crippen MR) is 31.8 cm³/mol. The smallest absolute Gasteiger partial charge is 0.138 e. The Balaban J connectivity index is 2.26. The van der Waals surface area contributed by atoms with Gasteiger partial charge < -0.3 is 14.9 Å². The summed E-state index contributed by atoms with van der Waals surface area (Å²) >= 11 is 0. The topological polar surface area (TPSA) is 50.4 Å². The largest absolute Gasteiger partial charge is 0.304 e. The van der Waals surface area contributed by atoms with Gasteiger partial charge in [0.05, 0.1) is 12.6 Å². The van der Waals surface area contributed by atoms with Crippen LogP contribution >= 0.6 is 0 Å². The van der Waals surface area contributed by atoms with Crippen molar-refractivity contribution in [1.29, 1.82) is 0 Å². The molecule has 4 heteroatoms. The summed E-state index contributed by atoms with van der Waals surface area (Å²) in [5, 5.41) is 2.98. The second-order valence-corrected chi connectivity index (χ2v) is 1.89. The molecular formula is C5H10N2O2. The van der Waals surface area contributed by atoms with Gasteiger partial charge in [-0.05, 0) is 0 Å². The number of hydroxylamine groups is 1. The molecule has 1 atom stereocenters. The third-order valence-electron chi connectivity index (χ3n) is 1.18. The molecule has 0 aromatic carbocycles. The monoisotopic (exact) mass is 130 g/mol. The van der Waals surface area contributed by atoms with Gasteiger partial charge in [0.1, 0.15) is 6.29 Å². The molecule has 0 aromatic rings. The molecule has 1 saturated heterocycles. The van der Waals surface area contributed by atoms with Crippen LogP contribution in [0.15, 0.2) is 0 Å². The Morgan fingerprint density at radius 3 is 3.33 bits per heavy atom. The molecule has 0 bridgehead atoms. The molecule has 0 radical (unpaired) electrons. The van der Waals surface area contributed by atoms with Gasteiger partial charge in [0, 0.05) is 13.1 Å². The lowest BCUT2D eigenvalue weighted by molar-refractivity contribution is -0.109. The Bertz CT molecular complexity index is 89.0. The molecule has 1 heterocycles. The van der Waals surface area contributed by atoms with E-state index in [4.69, 9.17) is 4.84 Å². The lowest BCUT2D eigenvalue weighted by atomic mass is 10.3. The predicted octanol–water partition coefficient (Wildman–Crippen LogP) is -1.32. The van der Waals surface area contributed by atoms with Crippen LogP contribution < -0.4 is 10.8 Å².